The number of anilines is 4. The first-order valence-corrected chi connectivity index (χ1v) is 31.6. The summed E-state index contributed by atoms with van der Waals surface area (Å²) >= 11 is 1.62. The standard InChI is InChI=1S/C64H83N13O7S/c1-38(2)60(64(81)76-36-47(78)27-55(76)63(80)68-39(3)42-11-14-51(43(25-42)33-72(5)6)61-40(4)67-37-85-61)57-31-58(71-84-57)74-23-16-41(17-24-74)32-73-21-18-48(19-22-73)82-49-28-50(29-49)83-59-26-44(15-20-66-59)77-45-12-13-46(77)35-75(34-45)54-30-53(69-70-62(54)65)52-9-7-8-10-56(52)79/h7-11,14-15,20,25-26,30-31,37-39,41,45-50,55,60,78-79H,12-13,16-19,21-24,27-29,32-36H2,1-6H3,(H2,65,70)(H,68,80)/t39?,45?,46?,47-,49?,50?,55+,60-/m1/s1. The summed E-state index contributed by atoms with van der Waals surface area (Å²) < 4.78 is 19.1. The molecule has 452 valence electrons. The molecule has 2 aromatic carbocycles. The fraction of sp³-hybridized carbons (Fsp3) is 0.547. The summed E-state index contributed by atoms with van der Waals surface area (Å²) in [4.78, 5) is 52.3. The van der Waals surface area contributed by atoms with Crippen LogP contribution < -0.4 is 30.5 Å². The van der Waals surface area contributed by atoms with Gasteiger partial charge in [-0.2, -0.15) is 0 Å². The van der Waals surface area contributed by atoms with E-state index in [9.17, 15) is 19.8 Å². The van der Waals surface area contributed by atoms with E-state index in [4.69, 9.17) is 19.7 Å². The number of nitrogen functional groups attached to an aromatic ring is 1. The van der Waals surface area contributed by atoms with Gasteiger partial charge < -0.3 is 64.7 Å². The molecule has 85 heavy (non-hydrogen) atoms. The number of amides is 2. The second-order valence-electron chi connectivity index (χ2n) is 25.3. The molecule has 21 heteroatoms. The molecule has 0 radical (unpaired) electrons. The van der Waals surface area contributed by atoms with Crippen LogP contribution in [0.5, 0.6) is 11.6 Å². The van der Waals surface area contributed by atoms with E-state index in [0.717, 1.165) is 148 Å². The van der Waals surface area contributed by atoms with E-state index in [-0.39, 0.29) is 60.8 Å². The number of hydrogen-bond donors (Lipinski definition) is 4. The number of thiazole rings is 1. The Labute approximate surface area is 502 Å². The fourth-order valence-electron chi connectivity index (χ4n) is 14.0. The summed E-state index contributed by atoms with van der Waals surface area (Å²) in [5.41, 5.74) is 15.7. The van der Waals surface area contributed by atoms with E-state index in [1.54, 1.807) is 28.4 Å². The predicted molar refractivity (Wildman–Crippen MR) is 329 cm³/mol. The number of aromatic hydroxyl groups is 1. The molecule has 4 aromatic heterocycles. The summed E-state index contributed by atoms with van der Waals surface area (Å²) in [5.74, 6) is 1.69. The number of aliphatic hydroxyl groups excluding tert-OH is 1. The maximum atomic E-state index is 14.6. The van der Waals surface area contributed by atoms with Crippen LogP contribution in [0.1, 0.15) is 113 Å². The van der Waals surface area contributed by atoms with Gasteiger partial charge in [0, 0.05) is 120 Å². The number of likely N-dealkylation sites (tertiary alicyclic amines) is 2. The number of nitrogens with zero attached hydrogens (tertiary/aromatic N) is 11. The average Bonchev–Trinajstić information content (AvgIpc) is 4.16. The van der Waals surface area contributed by atoms with Crippen molar-refractivity contribution in [2.24, 2.45) is 11.8 Å². The molecule has 5 aliphatic heterocycles. The Morgan fingerprint density at radius 1 is 0.847 bits per heavy atom. The SMILES string of the molecule is Cc1ncsc1-c1ccc(C(C)NC(=O)[C@@H]2C[C@@H](O)CN2C(=O)[C@@H](c2cc(N3CCC(CN4CCC(OC5CC(Oc6cc(N7C8CCC7CN(c7cc(-c9ccccc9O)nnc7N)C8)ccn6)C5)CC4)CC3)no2)C(C)C)cc1CN(C)C. The smallest absolute Gasteiger partial charge is 0.243 e. The van der Waals surface area contributed by atoms with Crippen molar-refractivity contribution < 1.29 is 33.8 Å². The number of nitrogens with one attached hydrogen (secondary N) is 1. The number of β-amino-alcohol motifs (C(OH)–C–C–N with tert-alkyl or cyclic N) is 1. The summed E-state index contributed by atoms with van der Waals surface area (Å²) in [6.07, 6.45) is 9.80. The molecule has 6 aromatic rings. The highest BCUT2D eigenvalue weighted by Gasteiger charge is 2.45. The van der Waals surface area contributed by atoms with E-state index in [1.165, 1.54) is 0 Å². The Morgan fingerprint density at radius 2 is 1.61 bits per heavy atom. The van der Waals surface area contributed by atoms with Gasteiger partial charge in [0.2, 0.25) is 17.7 Å². The van der Waals surface area contributed by atoms with Crippen molar-refractivity contribution in [2.75, 3.05) is 86.9 Å². The molecule has 6 aliphatic rings. The number of phenols is 1. The van der Waals surface area contributed by atoms with Crippen molar-refractivity contribution in [1.29, 1.82) is 0 Å². The molecule has 2 amide bonds. The van der Waals surface area contributed by atoms with Gasteiger partial charge in [0.1, 0.15) is 23.8 Å². The first-order chi connectivity index (χ1) is 41.1. The van der Waals surface area contributed by atoms with E-state index in [1.807, 2.05) is 77.8 Å². The fourth-order valence-corrected chi connectivity index (χ4v) is 14.9. The normalized spacial score (nSPS) is 23.9. The largest absolute Gasteiger partial charge is 0.507 e. The van der Waals surface area contributed by atoms with Crippen molar-refractivity contribution in [3.63, 3.8) is 0 Å². The second-order valence-corrected chi connectivity index (χ2v) is 26.2. The van der Waals surface area contributed by atoms with Gasteiger partial charge in [-0.05, 0) is 119 Å². The van der Waals surface area contributed by atoms with Crippen molar-refractivity contribution in [3.05, 3.63) is 101 Å². The molecule has 20 nitrogen and oxygen atoms in total. The van der Waals surface area contributed by atoms with E-state index in [2.05, 4.69) is 85.5 Å². The number of aryl methyl sites for hydroxylation is 1. The number of aromatic nitrogens is 5. The van der Waals surface area contributed by atoms with Gasteiger partial charge in [0.15, 0.2) is 17.4 Å². The molecule has 12 rings (SSSR count). The highest BCUT2D eigenvalue weighted by atomic mass is 32.1. The predicted octanol–water partition coefficient (Wildman–Crippen LogP) is 8.05. The summed E-state index contributed by atoms with van der Waals surface area (Å²) in [6.45, 7) is 15.2. The first-order valence-electron chi connectivity index (χ1n) is 30.7. The molecular weight excluding hydrogens is 1090 g/mol. The number of phenolic OH excluding ortho intramolecular Hbond substituents is 1. The lowest BCUT2D eigenvalue weighted by atomic mass is 9.91. The van der Waals surface area contributed by atoms with Crippen LogP contribution in [0.2, 0.25) is 0 Å². The van der Waals surface area contributed by atoms with Crippen LogP contribution in [-0.2, 0) is 20.9 Å². The number of para-hydroxylation sites is 1. The maximum absolute atomic E-state index is 14.6. The number of benzene rings is 2. The summed E-state index contributed by atoms with van der Waals surface area (Å²) in [5, 5.41) is 37.7. The Balaban J connectivity index is 0.571. The minimum atomic E-state index is -0.818. The minimum absolute atomic E-state index is 0.0775. The Hall–Kier alpha value is -6.91. The monoisotopic (exact) mass is 1180 g/mol. The number of hydrogen-bond acceptors (Lipinski definition) is 19. The lowest BCUT2D eigenvalue weighted by Gasteiger charge is -2.43. The molecule has 6 fully saturated rings. The lowest BCUT2D eigenvalue weighted by Crippen LogP contribution is -2.54. The highest BCUT2D eigenvalue weighted by Crippen LogP contribution is 2.42. The molecule has 5 saturated heterocycles. The number of rotatable bonds is 19. The molecule has 6 atom stereocenters. The number of aliphatic hydroxyl groups is 1. The van der Waals surface area contributed by atoms with Crippen molar-refractivity contribution >= 4 is 46.2 Å². The van der Waals surface area contributed by atoms with Gasteiger partial charge >= 0.3 is 0 Å². The van der Waals surface area contributed by atoms with E-state index < -0.39 is 18.1 Å². The highest BCUT2D eigenvalue weighted by molar-refractivity contribution is 7.13. The Morgan fingerprint density at radius 3 is 2.33 bits per heavy atom. The first kappa shape index (κ1) is 58.5. The average molecular weight is 1180 g/mol. The maximum Gasteiger partial charge on any atom is 0.243 e. The number of ether oxygens (including phenoxy) is 2. The third-order valence-electron chi connectivity index (χ3n) is 18.6. The van der Waals surface area contributed by atoms with Crippen LogP contribution in [0.25, 0.3) is 21.7 Å². The van der Waals surface area contributed by atoms with Crippen LogP contribution >= 0.6 is 11.3 Å². The van der Waals surface area contributed by atoms with Gasteiger partial charge in [-0.15, -0.1) is 21.5 Å². The molecule has 1 aliphatic carbocycles. The Bertz CT molecular complexity index is 3290. The van der Waals surface area contributed by atoms with E-state index >= 15 is 0 Å². The zero-order chi connectivity index (χ0) is 59.0. The molecule has 0 spiro atoms. The van der Waals surface area contributed by atoms with Crippen molar-refractivity contribution in [3.8, 4) is 33.3 Å². The second kappa shape index (κ2) is 25.2. The summed E-state index contributed by atoms with van der Waals surface area (Å²) in [7, 11) is 4.08. The molecule has 5 N–H and O–H groups in total. The lowest BCUT2D eigenvalue weighted by molar-refractivity contribution is -0.141. The van der Waals surface area contributed by atoms with Crippen molar-refractivity contribution in [1.82, 2.24) is 45.3 Å². The van der Waals surface area contributed by atoms with Crippen LogP contribution in [0.15, 0.2) is 83.0 Å². The van der Waals surface area contributed by atoms with Gasteiger partial charge in [-0.3, -0.25) is 9.59 Å². The van der Waals surface area contributed by atoms with Gasteiger partial charge in [-0.1, -0.05) is 49.3 Å². The third-order valence-corrected chi connectivity index (χ3v) is 19.6. The number of fused-ring (bicyclic) bond motifs is 2. The van der Waals surface area contributed by atoms with Gasteiger partial charge in [0.25, 0.3) is 0 Å². The molecular formula is C64H83N13O7S. The number of pyridine rings is 1. The molecule has 2 bridgehead atoms. The zero-order valence-corrected chi connectivity index (χ0v) is 50.7. The van der Waals surface area contributed by atoms with Crippen molar-refractivity contribution in [2.45, 2.75) is 147 Å². The zero-order valence-electron chi connectivity index (χ0n) is 49.9. The molecule has 9 heterocycles. The number of piperidine rings is 2. The van der Waals surface area contributed by atoms with Gasteiger partial charge in [0.05, 0.1) is 51.8 Å². The summed E-state index contributed by atoms with van der Waals surface area (Å²) in [6, 6.07) is 21.0. The number of carbonyl (C=O) groups excluding carboxylic acids is 2. The quantitative estimate of drug-likeness (QED) is 0.0601. The minimum Gasteiger partial charge on any atom is -0.507 e. The van der Waals surface area contributed by atoms with Crippen LogP contribution in [0, 0.1) is 18.8 Å². The third kappa shape index (κ3) is 12.8. The number of piperazine rings is 1. The van der Waals surface area contributed by atoms with E-state index in [0.29, 0.717) is 46.7 Å². The van der Waals surface area contributed by atoms with Crippen LogP contribution in [-0.4, -0.2) is 171 Å². The molecule has 3 unspecified atom stereocenters. The topological polar surface area (TPSA) is 228 Å². The van der Waals surface area contributed by atoms with Gasteiger partial charge in [-0.25, -0.2) is 9.97 Å². The Kier molecular flexibility index (Phi) is 17.3. The molecule has 1 saturated carbocycles. The number of nitrogens with two attached hydrogens (primary N) is 1. The van der Waals surface area contributed by atoms with Crippen LogP contribution in [0.3, 0.4) is 0 Å². The number of carbonyl (C=O) groups is 2. The van der Waals surface area contributed by atoms with Crippen LogP contribution in [0.4, 0.5) is 23.0 Å².